The molecule has 0 spiro atoms. The van der Waals surface area contributed by atoms with E-state index in [-0.39, 0.29) is 4.21 Å². The Hall–Kier alpha value is -0.810. The summed E-state index contributed by atoms with van der Waals surface area (Å²) in [4.78, 5) is 5.17. The summed E-state index contributed by atoms with van der Waals surface area (Å²) in [6.45, 7) is 0. The molecule has 0 aliphatic carbocycles. The molecule has 3 aromatic rings. The number of hydrogen-bond donors (Lipinski definition) is 0. The normalized spacial score (nSPS) is 11.8. The second kappa shape index (κ2) is 5.53. The third kappa shape index (κ3) is 3.09. The summed E-state index contributed by atoms with van der Waals surface area (Å²) in [5.41, 5.74) is 0. The van der Waals surface area contributed by atoms with Crippen molar-refractivity contribution in [1.82, 2.24) is 15.2 Å². The molecule has 20 heavy (non-hydrogen) atoms. The van der Waals surface area contributed by atoms with Gasteiger partial charge in [-0.1, -0.05) is 28.7 Å². The molecular weight excluding hydrogens is 354 g/mol. The van der Waals surface area contributed by atoms with Crippen LogP contribution < -0.4 is 0 Å². The van der Waals surface area contributed by atoms with Gasteiger partial charge in [0.05, 0.1) is 11.1 Å². The Morgan fingerprint density at radius 1 is 1.20 bits per heavy atom. The zero-order valence-electron chi connectivity index (χ0n) is 10.0. The Labute approximate surface area is 131 Å². The molecule has 0 saturated carbocycles. The average molecular weight is 362 g/mol. The SMILES string of the molecule is CS(=O)(=O)c1cnc(Sc2nnc(-c3cccs3)s2)s1. The van der Waals surface area contributed by atoms with E-state index in [4.69, 9.17) is 0 Å². The lowest BCUT2D eigenvalue weighted by molar-refractivity contribution is 0.603. The van der Waals surface area contributed by atoms with Crippen LogP contribution in [0.3, 0.4) is 0 Å². The molecule has 0 amide bonds. The molecule has 0 aliphatic rings. The molecule has 0 radical (unpaired) electrons. The predicted molar refractivity (Wildman–Crippen MR) is 82.6 cm³/mol. The van der Waals surface area contributed by atoms with Crippen LogP contribution >= 0.6 is 45.8 Å². The molecule has 3 aromatic heterocycles. The van der Waals surface area contributed by atoms with Crippen LogP contribution in [0.25, 0.3) is 9.88 Å². The number of thiazole rings is 1. The lowest BCUT2D eigenvalue weighted by Crippen LogP contribution is -1.91. The van der Waals surface area contributed by atoms with E-state index >= 15 is 0 Å². The molecular formula is C10H7N3O2S5. The highest BCUT2D eigenvalue weighted by molar-refractivity contribution is 8.03. The van der Waals surface area contributed by atoms with Gasteiger partial charge in [-0.3, -0.25) is 0 Å². The van der Waals surface area contributed by atoms with Gasteiger partial charge in [-0.05, 0) is 23.2 Å². The van der Waals surface area contributed by atoms with Gasteiger partial charge in [-0.25, -0.2) is 13.4 Å². The van der Waals surface area contributed by atoms with Gasteiger partial charge in [0.1, 0.15) is 4.21 Å². The van der Waals surface area contributed by atoms with E-state index in [2.05, 4.69) is 15.2 Å². The van der Waals surface area contributed by atoms with Crippen molar-refractivity contribution < 1.29 is 8.42 Å². The van der Waals surface area contributed by atoms with E-state index in [0.29, 0.717) is 4.34 Å². The third-order valence-electron chi connectivity index (χ3n) is 2.14. The summed E-state index contributed by atoms with van der Waals surface area (Å²) in [5.74, 6) is 0. The Morgan fingerprint density at radius 3 is 2.70 bits per heavy atom. The Balaban J connectivity index is 1.80. The van der Waals surface area contributed by atoms with Crippen molar-refractivity contribution in [3.63, 3.8) is 0 Å². The number of nitrogens with zero attached hydrogens (tertiary/aromatic N) is 3. The quantitative estimate of drug-likeness (QED) is 0.710. The summed E-state index contributed by atoms with van der Waals surface area (Å²) >= 11 is 5.56. The molecule has 104 valence electrons. The number of sulfone groups is 1. The Kier molecular flexibility index (Phi) is 3.91. The van der Waals surface area contributed by atoms with E-state index in [0.717, 1.165) is 25.6 Å². The van der Waals surface area contributed by atoms with Crippen molar-refractivity contribution in [3.05, 3.63) is 23.7 Å². The maximum Gasteiger partial charge on any atom is 0.186 e. The minimum Gasteiger partial charge on any atom is -0.236 e. The van der Waals surface area contributed by atoms with Gasteiger partial charge < -0.3 is 0 Å². The van der Waals surface area contributed by atoms with Crippen LogP contribution in [0.4, 0.5) is 0 Å². The molecule has 0 atom stereocenters. The monoisotopic (exact) mass is 361 g/mol. The van der Waals surface area contributed by atoms with E-state index in [9.17, 15) is 8.42 Å². The molecule has 10 heteroatoms. The summed E-state index contributed by atoms with van der Waals surface area (Å²) in [6, 6.07) is 3.96. The van der Waals surface area contributed by atoms with E-state index < -0.39 is 9.84 Å². The van der Waals surface area contributed by atoms with Gasteiger partial charge in [0.15, 0.2) is 23.5 Å². The molecule has 0 N–H and O–H groups in total. The minimum absolute atomic E-state index is 0.267. The van der Waals surface area contributed by atoms with Gasteiger partial charge in [0.25, 0.3) is 0 Å². The van der Waals surface area contributed by atoms with Crippen LogP contribution in [0.1, 0.15) is 0 Å². The van der Waals surface area contributed by atoms with Crippen LogP contribution in [-0.2, 0) is 9.84 Å². The van der Waals surface area contributed by atoms with E-state index in [1.54, 1.807) is 11.3 Å². The van der Waals surface area contributed by atoms with Gasteiger partial charge in [0, 0.05) is 6.26 Å². The summed E-state index contributed by atoms with van der Waals surface area (Å²) in [5, 5.41) is 11.1. The average Bonchev–Trinajstić information content (AvgIpc) is 3.08. The first-order chi connectivity index (χ1) is 9.52. The molecule has 0 aliphatic heterocycles. The largest absolute Gasteiger partial charge is 0.236 e. The van der Waals surface area contributed by atoms with E-state index in [1.807, 2.05) is 17.5 Å². The van der Waals surface area contributed by atoms with Crippen LogP contribution in [-0.4, -0.2) is 29.9 Å². The molecule has 0 bridgehead atoms. The van der Waals surface area contributed by atoms with Crippen LogP contribution in [0, 0.1) is 0 Å². The second-order valence-electron chi connectivity index (χ2n) is 3.67. The maximum absolute atomic E-state index is 11.4. The Bertz CT molecular complexity index is 819. The number of hydrogen-bond acceptors (Lipinski definition) is 9. The minimum atomic E-state index is -3.19. The van der Waals surface area contributed by atoms with Crippen LogP contribution in [0.5, 0.6) is 0 Å². The van der Waals surface area contributed by atoms with Crippen molar-refractivity contribution in [1.29, 1.82) is 0 Å². The molecule has 0 fully saturated rings. The van der Waals surface area contributed by atoms with Crippen molar-refractivity contribution >= 4 is 55.6 Å². The smallest absolute Gasteiger partial charge is 0.186 e. The zero-order chi connectivity index (χ0) is 14.2. The summed E-state index contributed by atoms with van der Waals surface area (Å²) < 4.78 is 24.5. The predicted octanol–water partition coefficient (Wildman–Crippen LogP) is 3.28. The lowest BCUT2D eigenvalue weighted by atomic mass is 10.5. The van der Waals surface area contributed by atoms with Crippen molar-refractivity contribution in [3.8, 4) is 9.88 Å². The highest BCUT2D eigenvalue weighted by Gasteiger charge is 2.15. The molecule has 0 saturated heterocycles. The first kappa shape index (κ1) is 14.1. The molecule has 0 aromatic carbocycles. The lowest BCUT2D eigenvalue weighted by Gasteiger charge is -1.89. The number of aromatic nitrogens is 3. The van der Waals surface area contributed by atoms with Gasteiger partial charge in [-0.15, -0.1) is 21.5 Å². The van der Waals surface area contributed by atoms with Crippen molar-refractivity contribution in [2.45, 2.75) is 12.9 Å². The molecule has 0 unspecified atom stereocenters. The summed E-state index contributed by atoms with van der Waals surface area (Å²) in [7, 11) is -3.19. The number of thiophene rings is 1. The highest BCUT2D eigenvalue weighted by atomic mass is 32.2. The fourth-order valence-corrected chi connectivity index (χ4v) is 6.09. The van der Waals surface area contributed by atoms with E-state index in [1.165, 1.54) is 35.6 Å². The highest BCUT2D eigenvalue weighted by Crippen LogP contribution is 2.37. The first-order valence-electron chi connectivity index (χ1n) is 5.23. The summed E-state index contributed by atoms with van der Waals surface area (Å²) in [6.07, 6.45) is 2.55. The third-order valence-corrected chi connectivity index (χ3v) is 8.02. The molecule has 3 rings (SSSR count). The Morgan fingerprint density at radius 2 is 2.05 bits per heavy atom. The topological polar surface area (TPSA) is 72.8 Å². The maximum atomic E-state index is 11.4. The zero-order valence-corrected chi connectivity index (χ0v) is 14.1. The molecule has 3 heterocycles. The second-order valence-corrected chi connectivity index (χ2v) is 10.4. The van der Waals surface area contributed by atoms with Gasteiger partial charge >= 0.3 is 0 Å². The molecule has 5 nitrogen and oxygen atoms in total. The van der Waals surface area contributed by atoms with Crippen LogP contribution in [0.2, 0.25) is 0 Å². The number of rotatable bonds is 4. The fraction of sp³-hybridized carbons (Fsp3) is 0.100. The van der Waals surface area contributed by atoms with Crippen molar-refractivity contribution in [2.24, 2.45) is 0 Å². The standard InChI is InChI=1S/C10H7N3O2S5/c1-20(14,15)7-5-11-9(17-7)19-10-13-12-8(18-10)6-3-2-4-16-6/h2-5H,1H3. The fourth-order valence-electron chi connectivity index (χ4n) is 1.29. The van der Waals surface area contributed by atoms with Gasteiger partial charge in [0.2, 0.25) is 0 Å². The van der Waals surface area contributed by atoms with Crippen LogP contribution in [0.15, 0.2) is 36.6 Å². The first-order valence-corrected chi connectivity index (χ1v) is 10.5. The van der Waals surface area contributed by atoms with Gasteiger partial charge in [-0.2, -0.15) is 0 Å². The van der Waals surface area contributed by atoms with Crippen molar-refractivity contribution in [2.75, 3.05) is 6.26 Å².